The molecule has 2 aliphatic heterocycles. The molecule has 0 spiro atoms. The van der Waals surface area contributed by atoms with Gasteiger partial charge in [0.15, 0.2) is 0 Å². The van der Waals surface area contributed by atoms with Crippen LogP contribution in [0, 0.1) is 0 Å². The van der Waals surface area contributed by atoms with E-state index in [2.05, 4.69) is 34.5 Å². The van der Waals surface area contributed by atoms with Gasteiger partial charge in [-0.2, -0.15) is 0 Å². The molecule has 2 aliphatic rings. The largest absolute Gasteiger partial charge is 0.364 e. The number of carbonyl (C=O) groups is 1. The quantitative estimate of drug-likeness (QED) is 0.829. The number of amides is 1. The second kappa shape index (κ2) is 9.32. The summed E-state index contributed by atoms with van der Waals surface area (Å²) in [5.74, 6) is -0.0235. The zero-order valence-corrected chi connectivity index (χ0v) is 15.1. The molecule has 1 amide bonds. The van der Waals surface area contributed by atoms with Crippen molar-refractivity contribution in [2.24, 2.45) is 5.73 Å². The molecule has 5 heteroatoms. The molecule has 3 N–H and O–H groups in total. The molecule has 0 aromatic heterocycles. The summed E-state index contributed by atoms with van der Waals surface area (Å²) < 4.78 is 5.63. The monoisotopic (exact) mass is 345 g/mol. The third-order valence-corrected chi connectivity index (χ3v) is 5.26. The summed E-state index contributed by atoms with van der Waals surface area (Å²) in [7, 11) is 0. The maximum Gasteiger partial charge on any atom is 0.249 e. The summed E-state index contributed by atoms with van der Waals surface area (Å²) >= 11 is 0. The first kappa shape index (κ1) is 18.4. The minimum atomic E-state index is -0.337. The number of hydrogen-bond acceptors (Lipinski definition) is 4. The molecule has 0 saturated carbocycles. The molecule has 2 heterocycles. The molecule has 2 fully saturated rings. The summed E-state index contributed by atoms with van der Waals surface area (Å²) in [5.41, 5.74) is 8.07. The van der Waals surface area contributed by atoms with Gasteiger partial charge in [-0.3, -0.25) is 9.69 Å². The van der Waals surface area contributed by atoms with Gasteiger partial charge in [0.1, 0.15) is 6.10 Å². The van der Waals surface area contributed by atoms with Gasteiger partial charge < -0.3 is 15.8 Å². The molecule has 2 saturated heterocycles. The van der Waals surface area contributed by atoms with E-state index in [4.69, 9.17) is 10.5 Å². The molecule has 5 nitrogen and oxygen atoms in total. The highest BCUT2D eigenvalue weighted by atomic mass is 16.5. The van der Waals surface area contributed by atoms with Gasteiger partial charge in [-0.25, -0.2) is 0 Å². The zero-order valence-electron chi connectivity index (χ0n) is 15.1. The zero-order chi connectivity index (χ0) is 17.5. The van der Waals surface area contributed by atoms with Crippen molar-refractivity contribution in [1.29, 1.82) is 0 Å². The van der Waals surface area contributed by atoms with Crippen LogP contribution in [-0.4, -0.2) is 42.6 Å². The lowest BCUT2D eigenvalue weighted by atomic mass is 10.1. The Hall–Kier alpha value is -1.43. The number of nitrogens with zero attached hydrogens (tertiary/aromatic N) is 1. The standard InChI is InChI=1S/C20H31N3O2/c21-13-18-9-10-19(25-18)20(24)22-14-16-5-7-17(8-6-16)15-23-11-3-1-2-4-12-23/h5-8,18-19H,1-4,9-15,21H2,(H,22,24)/t18-,19+/m1/s1. The van der Waals surface area contributed by atoms with Crippen molar-refractivity contribution in [3.8, 4) is 0 Å². The van der Waals surface area contributed by atoms with E-state index in [1.54, 1.807) is 0 Å². The van der Waals surface area contributed by atoms with E-state index in [-0.39, 0.29) is 18.1 Å². The van der Waals surface area contributed by atoms with Crippen LogP contribution in [0.5, 0.6) is 0 Å². The van der Waals surface area contributed by atoms with Crippen LogP contribution < -0.4 is 11.1 Å². The lowest BCUT2D eigenvalue weighted by molar-refractivity contribution is -0.132. The number of rotatable bonds is 6. The third-order valence-electron chi connectivity index (χ3n) is 5.26. The molecular weight excluding hydrogens is 314 g/mol. The molecular formula is C20H31N3O2. The number of benzene rings is 1. The number of likely N-dealkylation sites (tertiary alicyclic amines) is 1. The Morgan fingerprint density at radius 1 is 1.08 bits per heavy atom. The minimum absolute atomic E-state index is 0.0235. The van der Waals surface area contributed by atoms with Crippen molar-refractivity contribution >= 4 is 5.91 Å². The Bertz CT molecular complexity index is 538. The predicted molar refractivity (Wildman–Crippen MR) is 99.0 cm³/mol. The van der Waals surface area contributed by atoms with Crippen molar-refractivity contribution in [2.45, 2.75) is 63.8 Å². The SMILES string of the molecule is NC[C@H]1CC[C@@H](C(=O)NCc2ccc(CN3CCCCCC3)cc2)O1. The average Bonchev–Trinajstić information content (AvgIpc) is 2.99. The number of nitrogens with one attached hydrogen (secondary N) is 1. The first-order valence-electron chi connectivity index (χ1n) is 9.68. The van der Waals surface area contributed by atoms with Crippen LogP contribution in [-0.2, 0) is 22.6 Å². The summed E-state index contributed by atoms with van der Waals surface area (Å²) in [6, 6.07) is 8.60. The minimum Gasteiger partial charge on any atom is -0.364 e. The van der Waals surface area contributed by atoms with Crippen LogP contribution >= 0.6 is 0 Å². The molecule has 138 valence electrons. The predicted octanol–water partition coefficient (Wildman–Crippen LogP) is 2.19. The molecule has 1 aromatic rings. The molecule has 2 atom stereocenters. The number of hydrogen-bond donors (Lipinski definition) is 2. The highest BCUT2D eigenvalue weighted by molar-refractivity contribution is 5.81. The fourth-order valence-electron chi connectivity index (χ4n) is 3.69. The van der Waals surface area contributed by atoms with Crippen LogP contribution in [0.15, 0.2) is 24.3 Å². The fourth-order valence-corrected chi connectivity index (χ4v) is 3.69. The van der Waals surface area contributed by atoms with Crippen LogP contribution in [0.1, 0.15) is 49.7 Å². The second-order valence-corrected chi connectivity index (χ2v) is 7.28. The Morgan fingerprint density at radius 2 is 1.76 bits per heavy atom. The Kier molecular flexibility index (Phi) is 6.84. The van der Waals surface area contributed by atoms with E-state index in [1.807, 2.05) is 0 Å². The molecule has 0 bridgehead atoms. The van der Waals surface area contributed by atoms with Crippen LogP contribution in [0.25, 0.3) is 0 Å². The Morgan fingerprint density at radius 3 is 2.40 bits per heavy atom. The molecule has 25 heavy (non-hydrogen) atoms. The van der Waals surface area contributed by atoms with Gasteiger partial charge in [0.05, 0.1) is 6.10 Å². The average molecular weight is 345 g/mol. The van der Waals surface area contributed by atoms with Gasteiger partial charge >= 0.3 is 0 Å². The third kappa shape index (κ3) is 5.53. The van der Waals surface area contributed by atoms with Crippen LogP contribution in [0.3, 0.4) is 0 Å². The van der Waals surface area contributed by atoms with Gasteiger partial charge in [-0.1, -0.05) is 37.1 Å². The first-order valence-corrected chi connectivity index (χ1v) is 9.68. The topological polar surface area (TPSA) is 67.6 Å². The van der Waals surface area contributed by atoms with Gasteiger partial charge in [-0.15, -0.1) is 0 Å². The van der Waals surface area contributed by atoms with E-state index in [1.165, 1.54) is 44.3 Å². The lowest BCUT2D eigenvalue weighted by Gasteiger charge is -2.20. The van der Waals surface area contributed by atoms with Gasteiger partial charge in [-0.05, 0) is 49.9 Å². The number of carbonyl (C=O) groups excluding carboxylic acids is 1. The fraction of sp³-hybridized carbons (Fsp3) is 0.650. The van der Waals surface area contributed by atoms with Crippen LogP contribution in [0.2, 0.25) is 0 Å². The lowest BCUT2D eigenvalue weighted by Crippen LogP contribution is -2.35. The molecule has 0 unspecified atom stereocenters. The highest BCUT2D eigenvalue weighted by Gasteiger charge is 2.29. The Balaban J connectivity index is 1.43. The summed E-state index contributed by atoms with van der Waals surface area (Å²) in [6.45, 7) is 4.49. The summed E-state index contributed by atoms with van der Waals surface area (Å²) in [6.07, 6.45) is 6.71. The van der Waals surface area contributed by atoms with Crippen molar-refractivity contribution in [2.75, 3.05) is 19.6 Å². The first-order chi connectivity index (χ1) is 12.2. The van der Waals surface area contributed by atoms with Gasteiger partial charge in [0.25, 0.3) is 0 Å². The molecule has 0 radical (unpaired) electrons. The Labute approximate surface area is 150 Å². The van der Waals surface area contributed by atoms with E-state index in [0.717, 1.165) is 24.9 Å². The second-order valence-electron chi connectivity index (χ2n) is 7.28. The smallest absolute Gasteiger partial charge is 0.249 e. The molecule has 3 rings (SSSR count). The van der Waals surface area contributed by atoms with Crippen molar-refractivity contribution in [3.05, 3.63) is 35.4 Å². The van der Waals surface area contributed by atoms with Crippen molar-refractivity contribution < 1.29 is 9.53 Å². The normalized spacial score (nSPS) is 24.8. The molecule has 0 aliphatic carbocycles. The van der Waals surface area contributed by atoms with E-state index in [9.17, 15) is 4.79 Å². The summed E-state index contributed by atoms with van der Waals surface area (Å²) in [5, 5.41) is 2.98. The van der Waals surface area contributed by atoms with Crippen molar-refractivity contribution in [3.63, 3.8) is 0 Å². The van der Waals surface area contributed by atoms with E-state index < -0.39 is 0 Å². The van der Waals surface area contributed by atoms with Crippen LogP contribution in [0.4, 0.5) is 0 Å². The van der Waals surface area contributed by atoms with Gasteiger partial charge in [0, 0.05) is 19.6 Å². The number of ether oxygens (including phenoxy) is 1. The van der Waals surface area contributed by atoms with Gasteiger partial charge in [0.2, 0.25) is 5.91 Å². The molecule has 1 aromatic carbocycles. The highest BCUT2D eigenvalue weighted by Crippen LogP contribution is 2.19. The van der Waals surface area contributed by atoms with Crippen molar-refractivity contribution in [1.82, 2.24) is 10.2 Å². The maximum atomic E-state index is 12.2. The summed E-state index contributed by atoms with van der Waals surface area (Å²) in [4.78, 5) is 14.7. The maximum absolute atomic E-state index is 12.2. The van der Waals surface area contributed by atoms with E-state index >= 15 is 0 Å². The number of nitrogens with two attached hydrogens (primary N) is 1. The van der Waals surface area contributed by atoms with E-state index in [0.29, 0.717) is 13.1 Å².